The van der Waals surface area contributed by atoms with Gasteiger partial charge in [0.25, 0.3) is 0 Å². The summed E-state index contributed by atoms with van der Waals surface area (Å²) in [5, 5.41) is 18.9. The van der Waals surface area contributed by atoms with Crippen molar-refractivity contribution in [3.05, 3.63) is 54.0 Å². The van der Waals surface area contributed by atoms with E-state index in [1.807, 2.05) is 0 Å². The van der Waals surface area contributed by atoms with E-state index in [1.54, 1.807) is 0 Å². The van der Waals surface area contributed by atoms with Crippen molar-refractivity contribution in [1.82, 2.24) is 19.9 Å². The summed E-state index contributed by atoms with van der Waals surface area (Å²) in [7, 11) is 0. The van der Waals surface area contributed by atoms with Crippen molar-refractivity contribution < 1.29 is 46.7 Å². The zero-order chi connectivity index (χ0) is 33.4. The average molecular weight is 689 g/mol. The standard InChI is InChI=1S/C33H32F4N6O5.FH/c34-12-17-11-32(4-1-5-42(32)14-17)16-47-31-40-28-22(30(41-31)43-6-7-46-15-19-9-24(19)43)13-39-27(26(28)36)21-10-20(38)8-18-2-3-23(35)29(25(18)21)48-33(37,44)45;/h2-3,8,10,12-13,19,24,44-45H,1,4-7,9,11,14-16,38H2;1H/b17-12-;/t19?,24?,32-;/m0./s1. The van der Waals surface area contributed by atoms with E-state index in [0.717, 1.165) is 31.9 Å². The molecule has 49 heavy (non-hydrogen) atoms. The van der Waals surface area contributed by atoms with Gasteiger partial charge in [0.1, 0.15) is 23.6 Å². The molecule has 2 aromatic heterocycles. The maximum absolute atomic E-state index is 16.9. The molecule has 0 bridgehead atoms. The number of ether oxygens (including phenoxy) is 3. The molecule has 260 valence electrons. The van der Waals surface area contributed by atoms with Crippen LogP contribution in [0.5, 0.6) is 11.8 Å². The van der Waals surface area contributed by atoms with Gasteiger partial charge < -0.3 is 35.1 Å². The average Bonchev–Trinajstić information content (AvgIpc) is 3.63. The molecule has 8 rings (SSSR count). The Morgan fingerprint density at radius 1 is 1.18 bits per heavy atom. The van der Waals surface area contributed by atoms with Gasteiger partial charge in [-0.05, 0) is 61.4 Å². The molecule has 5 heterocycles. The summed E-state index contributed by atoms with van der Waals surface area (Å²) in [5.74, 6) is -2.24. The summed E-state index contributed by atoms with van der Waals surface area (Å²) in [6.45, 7) is 3.03. The van der Waals surface area contributed by atoms with E-state index in [9.17, 15) is 23.4 Å². The van der Waals surface area contributed by atoms with E-state index in [0.29, 0.717) is 61.7 Å². The number of hydrogen-bond acceptors (Lipinski definition) is 11. The van der Waals surface area contributed by atoms with Gasteiger partial charge in [-0.15, -0.1) is 4.39 Å². The van der Waals surface area contributed by atoms with Gasteiger partial charge in [0, 0.05) is 47.9 Å². The van der Waals surface area contributed by atoms with E-state index in [1.165, 1.54) is 24.4 Å². The van der Waals surface area contributed by atoms with E-state index < -0.39 is 29.1 Å². The van der Waals surface area contributed by atoms with Crippen molar-refractivity contribution in [2.24, 2.45) is 5.92 Å². The number of alkyl halides is 1. The first kappa shape index (κ1) is 33.1. The van der Waals surface area contributed by atoms with Crippen molar-refractivity contribution in [2.45, 2.75) is 43.5 Å². The minimum Gasteiger partial charge on any atom is -0.461 e. The number of halogens is 5. The highest BCUT2D eigenvalue weighted by molar-refractivity contribution is 6.04. The van der Waals surface area contributed by atoms with Crippen LogP contribution in [0.15, 0.2) is 42.4 Å². The first-order chi connectivity index (χ1) is 23.0. The van der Waals surface area contributed by atoms with Crippen LogP contribution in [-0.4, -0.2) is 87.3 Å². The molecular weight excluding hydrogens is 655 g/mol. The Hall–Kier alpha value is -4.38. The van der Waals surface area contributed by atoms with Gasteiger partial charge in [0.15, 0.2) is 17.4 Å². The third-order valence-corrected chi connectivity index (χ3v) is 9.86. The first-order valence-electron chi connectivity index (χ1n) is 15.7. The Bertz CT molecular complexity index is 1980. The van der Waals surface area contributed by atoms with Crippen molar-refractivity contribution in [1.29, 1.82) is 0 Å². The lowest BCUT2D eigenvalue weighted by atomic mass is 9.94. The number of benzene rings is 2. The van der Waals surface area contributed by atoms with Crippen molar-refractivity contribution in [2.75, 3.05) is 50.1 Å². The molecule has 4 aliphatic rings. The van der Waals surface area contributed by atoms with Gasteiger partial charge in [-0.2, -0.15) is 9.97 Å². The predicted octanol–water partition coefficient (Wildman–Crippen LogP) is 4.50. The lowest BCUT2D eigenvalue weighted by molar-refractivity contribution is -0.375. The zero-order valence-electron chi connectivity index (χ0n) is 26.0. The quantitative estimate of drug-likeness (QED) is 0.144. The number of nitrogen functional groups attached to an aromatic ring is 1. The van der Waals surface area contributed by atoms with Crippen molar-refractivity contribution in [3.63, 3.8) is 0 Å². The van der Waals surface area contributed by atoms with E-state index in [2.05, 4.69) is 24.5 Å². The number of hydrogen-bond donors (Lipinski definition) is 3. The fourth-order valence-corrected chi connectivity index (χ4v) is 7.61. The van der Waals surface area contributed by atoms with Crippen LogP contribution in [0, 0.1) is 17.6 Å². The molecule has 0 spiro atoms. The second-order valence-electron chi connectivity index (χ2n) is 13.0. The third kappa shape index (κ3) is 5.85. The molecule has 1 saturated carbocycles. The molecule has 4 N–H and O–H groups in total. The van der Waals surface area contributed by atoms with Gasteiger partial charge in [-0.25, -0.2) is 13.2 Å². The first-order valence-corrected chi connectivity index (χ1v) is 15.7. The molecule has 2 unspecified atom stereocenters. The van der Waals surface area contributed by atoms with Crippen molar-refractivity contribution in [3.8, 4) is 23.0 Å². The maximum atomic E-state index is 16.9. The maximum Gasteiger partial charge on any atom is 0.492 e. The van der Waals surface area contributed by atoms with Crippen LogP contribution in [0.25, 0.3) is 32.9 Å². The van der Waals surface area contributed by atoms with Crippen LogP contribution in [-0.2, 0) is 4.74 Å². The number of nitrogens with two attached hydrogens (primary N) is 1. The van der Waals surface area contributed by atoms with Gasteiger partial charge in [-0.3, -0.25) is 14.6 Å². The fraction of sp³-hybridized carbons (Fsp3) is 0.424. The smallest absolute Gasteiger partial charge is 0.461 e. The van der Waals surface area contributed by atoms with Gasteiger partial charge in [0.2, 0.25) is 0 Å². The molecular formula is C33H33F5N6O5. The Morgan fingerprint density at radius 2 is 2.02 bits per heavy atom. The summed E-state index contributed by atoms with van der Waals surface area (Å²) < 4.78 is 75.8. The Balaban J connectivity index is 0.00000378. The molecule has 11 nitrogen and oxygen atoms in total. The van der Waals surface area contributed by atoms with Crippen molar-refractivity contribution >= 4 is 33.2 Å². The van der Waals surface area contributed by atoms with Gasteiger partial charge in [-0.1, -0.05) is 6.07 Å². The highest BCUT2D eigenvalue weighted by Crippen LogP contribution is 2.45. The normalized spacial score (nSPS) is 24.5. The fourth-order valence-electron chi connectivity index (χ4n) is 7.61. The zero-order valence-corrected chi connectivity index (χ0v) is 26.0. The number of nitrogens with zero attached hydrogens (tertiary/aromatic N) is 5. The molecule has 3 aliphatic heterocycles. The number of rotatable bonds is 7. The SMILES string of the molecule is F.Nc1cc(-c2ncc3c(N4CCOCC5CC54)nc(OC[C@@]45CCCN4C/C(=C\F)C5)nc3c2F)c2c(OC(O)(O)F)c(F)ccc2c1. The lowest BCUT2D eigenvalue weighted by Crippen LogP contribution is -2.43. The number of fused-ring (bicyclic) bond motifs is 4. The van der Waals surface area contributed by atoms with Crippen LogP contribution in [0.4, 0.5) is 33.8 Å². The molecule has 3 atom stereocenters. The molecule has 1 aliphatic carbocycles. The molecule has 16 heteroatoms. The summed E-state index contributed by atoms with van der Waals surface area (Å²) in [5.41, 5.74) is 5.96. The largest absolute Gasteiger partial charge is 0.492 e. The molecule has 4 aromatic rings. The second kappa shape index (κ2) is 12.2. The number of anilines is 2. The lowest BCUT2D eigenvalue weighted by Gasteiger charge is -2.31. The molecule has 0 amide bonds. The third-order valence-electron chi connectivity index (χ3n) is 9.86. The highest BCUT2D eigenvalue weighted by atomic mass is 19.2. The Morgan fingerprint density at radius 3 is 2.82 bits per heavy atom. The second-order valence-corrected chi connectivity index (χ2v) is 13.0. The van der Waals surface area contributed by atoms with Crippen LogP contribution in [0.2, 0.25) is 0 Å². The predicted molar refractivity (Wildman–Crippen MR) is 169 cm³/mol. The summed E-state index contributed by atoms with van der Waals surface area (Å²) in [4.78, 5) is 17.9. The van der Waals surface area contributed by atoms with Gasteiger partial charge in [0.05, 0.1) is 30.5 Å². The Labute approximate surface area is 276 Å². The summed E-state index contributed by atoms with van der Waals surface area (Å²) in [6, 6.07) is 4.99. The van der Waals surface area contributed by atoms with E-state index >= 15 is 4.39 Å². The Kier molecular flexibility index (Phi) is 8.24. The summed E-state index contributed by atoms with van der Waals surface area (Å²) in [6.07, 6.45) is 0.930. The number of pyridine rings is 1. The van der Waals surface area contributed by atoms with E-state index in [-0.39, 0.29) is 56.6 Å². The molecule has 2 aromatic carbocycles. The number of aliphatic hydroxyl groups is 2. The van der Waals surface area contributed by atoms with Crippen LogP contribution in [0.1, 0.15) is 25.7 Å². The molecule has 3 saturated heterocycles. The minimum absolute atomic E-state index is 0. The van der Waals surface area contributed by atoms with Crippen LogP contribution < -0.4 is 20.1 Å². The monoisotopic (exact) mass is 688 g/mol. The number of aromatic nitrogens is 3. The highest BCUT2D eigenvalue weighted by Gasteiger charge is 2.48. The van der Waals surface area contributed by atoms with Crippen LogP contribution in [0.3, 0.4) is 0 Å². The van der Waals surface area contributed by atoms with Gasteiger partial charge >= 0.3 is 12.2 Å². The molecule has 4 fully saturated rings. The van der Waals surface area contributed by atoms with Crippen LogP contribution >= 0.6 is 0 Å². The molecule has 0 radical (unpaired) electrons. The summed E-state index contributed by atoms with van der Waals surface area (Å²) >= 11 is 0. The van der Waals surface area contributed by atoms with E-state index in [4.69, 9.17) is 20.2 Å². The topological polar surface area (TPSA) is 139 Å². The minimum atomic E-state index is -4.23.